The molecule has 0 saturated carbocycles. The van der Waals surface area contributed by atoms with Crippen LogP contribution in [0.3, 0.4) is 0 Å². The van der Waals surface area contributed by atoms with Crippen molar-refractivity contribution in [2.24, 2.45) is 5.92 Å². The van der Waals surface area contributed by atoms with Gasteiger partial charge in [-0.05, 0) is 49.6 Å². The van der Waals surface area contributed by atoms with Crippen molar-refractivity contribution < 1.29 is 14.6 Å². The van der Waals surface area contributed by atoms with Crippen molar-refractivity contribution in [2.75, 3.05) is 33.4 Å². The van der Waals surface area contributed by atoms with Crippen LogP contribution in [-0.4, -0.2) is 54.3 Å². The molecule has 0 radical (unpaired) electrons. The lowest BCUT2D eigenvalue weighted by molar-refractivity contribution is 0.0601. The minimum absolute atomic E-state index is 0.227. The molecule has 1 aromatic carbocycles. The van der Waals surface area contributed by atoms with Gasteiger partial charge in [0.25, 0.3) is 0 Å². The molecule has 2 N–H and O–H groups in total. The molecule has 0 saturated heterocycles. The van der Waals surface area contributed by atoms with E-state index >= 15 is 0 Å². The molecule has 0 bridgehead atoms. The third kappa shape index (κ3) is 4.30. The van der Waals surface area contributed by atoms with Crippen molar-refractivity contribution in [3.05, 3.63) is 47.7 Å². The number of hydrogen-bond acceptors (Lipinski definition) is 4. The average Bonchev–Trinajstić information content (AvgIpc) is 3.07. The van der Waals surface area contributed by atoms with Crippen LogP contribution in [0.2, 0.25) is 0 Å². The van der Waals surface area contributed by atoms with Gasteiger partial charge in [0.2, 0.25) is 0 Å². The summed E-state index contributed by atoms with van der Waals surface area (Å²) in [6.45, 7) is 3.20. The molecule has 134 valence electrons. The summed E-state index contributed by atoms with van der Waals surface area (Å²) in [5, 5.41) is 10.4. The molecule has 0 spiro atoms. The van der Waals surface area contributed by atoms with E-state index in [1.165, 1.54) is 12.7 Å². The van der Waals surface area contributed by atoms with Crippen molar-refractivity contribution in [1.82, 2.24) is 9.88 Å². The summed E-state index contributed by atoms with van der Waals surface area (Å²) >= 11 is 0. The van der Waals surface area contributed by atoms with E-state index < -0.39 is 0 Å². The van der Waals surface area contributed by atoms with E-state index in [0.29, 0.717) is 5.56 Å². The predicted octanol–water partition coefficient (Wildman–Crippen LogP) is 2.76. The molecule has 2 aromatic rings. The number of fused-ring (bicyclic) bond motifs is 1. The van der Waals surface area contributed by atoms with Crippen molar-refractivity contribution in [3.8, 4) is 0 Å². The van der Waals surface area contributed by atoms with Crippen LogP contribution in [0.5, 0.6) is 0 Å². The molecule has 1 unspecified atom stereocenters. The number of aromatic amines is 1. The predicted molar refractivity (Wildman–Crippen MR) is 98.7 cm³/mol. The normalized spacial score (nSPS) is 17.9. The number of rotatable bonds is 7. The second-order valence-corrected chi connectivity index (χ2v) is 6.65. The van der Waals surface area contributed by atoms with E-state index in [0.717, 1.165) is 49.8 Å². The summed E-state index contributed by atoms with van der Waals surface area (Å²) in [5.41, 5.74) is 2.88. The highest BCUT2D eigenvalue weighted by Crippen LogP contribution is 2.22. The number of carbonyl (C=O) groups is 1. The second-order valence-electron chi connectivity index (χ2n) is 6.65. The number of hydrogen-bond donors (Lipinski definition) is 2. The van der Waals surface area contributed by atoms with Gasteiger partial charge in [0.05, 0.1) is 19.3 Å². The first-order chi connectivity index (χ1) is 12.2. The van der Waals surface area contributed by atoms with Gasteiger partial charge >= 0.3 is 5.97 Å². The van der Waals surface area contributed by atoms with Gasteiger partial charge in [-0.25, -0.2) is 4.79 Å². The molecule has 0 aliphatic carbocycles. The number of methoxy groups -OCH3 is 1. The topological polar surface area (TPSA) is 65.6 Å². The molecule has 5 heteroatoms. The molecule has 0 fully saturated rings. The van der Waals surface area contributed by atoms with E-state index in [4.69, 9.17) is 4.74 Å². The maximum absolute atomic E-state index is 11.7. The van der Waals surface area contributed by atoms with Crippen molar-refractivity contribution >= 4 is 16.9 Å². The largest absolute Gasteiger partial charge is 0.465 e. The monoisotopic (exact) mass is 342 g/mol. The molecule has 0 amide bonds. The third-order valence-corrected chi connectivity index (χ3v) is 4.86. The fourth-order valence-corrected chi connectivity index (χ4v) is 3.45. The quantitative estimate of drug-likeness (QED) is 0.461. The number of nitrogens with zero attached hydrogens (tertiary/aromatic N) is 1. The molecule has 2 heterocycles. The van der Waals surface area contributed by atoms with Crippen molar-refractivity contribution in [1.29, 1.82) is 0 Å². The first-order valence-electron chi connectivity index (χ1n) is 8.89. The summed E-state index contributed by atoms with van der Waals surface area (Å²) in [7, 11) is 1.40. The zero-order chi connectivity index (χ0) is 17.6. The lowest BCUT2D eigenvalue weighted by Gasteiger charge is -2.27. The zero-order valence-electron chi connectivity index (χ0n) is 14.7. The molecule has 1 aromatic heterocycles. The van der Waals surface area contributed by atoms with Crippen LogP contribution in [0.25, 0.3) is 10.9 Å². The Morgan fingerprint density at radius 1 is 1.40 bits per heavy atom. The van der Waals surface area contributed by atoms with Crippen LogP contribution in [-0.2, 0) is 11.2 Å². The van der Waals surface area contributed by atoms with E-state index in [9.17, 15) is 9.90 Å². The standard InChI is InChI=1S/C20H26N2O3/c1-25-20(24)16-7-8-19-18(11-16)17(12-21-19)6-2-3-9-22-10-4-5-15(13-22)14-23/h4-5,7-8,11-12,15,21,23H,2-3,6,9-10,13-14H2,1H3. The smallest absolute Gasteiger partial charge is 0.337 e. The number of carbonyl (C=O) groups excluding carboxylic acids is 1. The van der Waals surface area contributed by atoms with Gasteiger partial charge in [-0.2, -0.15) is 0 Å². The van der Waals surface area contributed by atoms with Gasteiger partial charge in [-0.3, -0.25) is 4.90 Å². The van der Waals surface area contributed by atoms with Crippen molar-refractivity contribution in [3.63, 3.8) is 0 Å². The Kier molecular flexibility index (Phi) is 5.89. The lowest BCUT2D eigenvalue weighted by Crippen LogP contribution is -2.34. The van der Waals surface area contributed by atoms with Crippen LogP contribution in [0.15, 0.2) is 36.5 Å². The maximum Gasteiger partial charge on any atom is 0.337 e. The first-order valence-corrected chi connectivity index (χ1v) is 8.89. The Morgan fingerprint density at radius 2 is 2.28 bits per heavy atom. The Balaban J connectivity index is 1.54. The van der Waals surface area contributed by atoms with Crippen LogP contribution < -0.4 is 0 Å². The summed E-state index contributed by atoms with van der Waals surface area (Å²) < 4.78 is 4.81. The van der Waals surface area contributed by atoms with Gasteiger partial charge in [-0.15, -0.1) is 0 Å². The van der Waals surface area contributed by atoms with Crippen LogP contribution >= 0.6 is 0 Å². The second kappa shape index (κ2) is 8.32. The molecule has 3 rings (SSSR count). The van der Waals surface area contributed by atoms with Crippen LogP contribution in [0, 0.1) is 5.92 Å². The number of nitrogens with one attached hydrogen (secondary N) is 1. The zero-order valence-corrected chi connectivity index (χ0v) is 14.7. The average molecular weight is 342 g/mol. The van der Waals surface area contributed by atoms with Crippen molar-refractivity contribution in [2.45, 2.75) is 19.3 Å². The number of aliphatic hydroxyl groups is 1. The lowest BCUT2D eigenvalue weighted by atomic mass is 10.0. The van der Waals surface area contributed by atoms with E-state index in [-0.39, 0.29) is 18.5 Å². The highest BCUT2D eigenvalue weighted by molar-refractivity contribution is 5.95. The summed E-state index contributed by atoms with van der Waals surface area (Å²) in [5.74, 6) is -0.0234. The number of aromatic nitrogens is 1. The number of ether oxygens (including phenoxy) is 1. The first kappa shape index (κ1) is 17.7. The van der Waals surface area contributed by atoms with E-state index in [1.54, 1.807) is 6.07 Å². The number of H-pyrrole nitrogens is 1. The van der Waals surface area contributed by atoms with E-state index in [1.807, 2.05) is 18.3 Å². The number of benzene rings is 1. The molecular formula is C20H26N2O3. The Bertz CT molecular complexity index is 750. The Hall–Kier alpha value is -2.11. The third-order valence-electron chi connectivity index (χ3n) is 4.86. The minimum atomic E-state index is -0.300. The number of esters is 1. The molecule has 5 nitrogen and oxygen atoms in total. The van der Waals surface area contributed by atoms with Crippen LogP contribution in [0.1, 0.15) is 28.8 Å². The summed E-state index contributed by atoms with van der Waals surface area (Å²) in [6.07, 6.45) is 9.50. The Morgan fingerprint density at radius 3 is 3.08 bits per heavy atom. The maximum atomic E-state index is 11.7. The van der Waals surface area contributed by atoms with Gasteiger partial charge in [0.15, 0.2) is 0 Å². The number of unbranched alkanes of at least 4 members (excludes halogenated alkanes) is 1. The van der Waals surface area contributed by atoms with Gasteiger partial charge in [-0.1, -0.05) is 12.2 Å². The fourth-order valence-electron chi connectivity index (χ4n) is 3.45. The van der Waals surface area contributed by atoms with Gasteiger partial charge < -0.3 is 14.8 Å². The number of aryl methyl sites for hydroxylation is 1. The summed E-state index contributed by atoms with van der Waals surface area (Å²) in [6, 6.07) is 5.63. The summed E-state index contributed by atoms with van der Waals surface area (Å²) in [4.78, 5) is 17.4. The molecule has 25 heavy (non-hydrogen) atoms. The minimum Gasteiger partial charge on any atom is -0.465 e. The number of aliphatic hydroxyl groups excluding tert-OH is 1. The SMILES string of the molecule is COC(=O)c1ccc2[nH]cc(CCCCN3CC=CC(CO)C3)c2c1. The van der Waals surface area contributed by atoms with Crippen LogP contribution in [0.4, 0.5) is 0 Å². The highest BCUT2D eigenvalue weighted by Gasteiger charge is 2.14. The molecular weight excluding hydrogens is 316 g/mol. The molecule has 1 aliphatic heterocycles. The molecule has 1 aliphatic rings. The fraction of sp³-hybridized carbons (Fsp3) is 0.450. The van der Waals surface area contributed by atoms with Gasteiger partial charge in [0, 0.05) is 36.1 Å². The van der Waals surface area contributed by atoms with E-state index in [2.05, 4.69) is 22.0 Å². The molecule has 1 atom stereocenters. The highest BCUT2D eigenvalue weighted by atomic mass is 16.5. The Labute approximate surface area is 148 Å². The van der Waals surface area contributed by atoms with Gasteiger partial charge in [0.1, 0.15) is 0 Å².